The van der Waals surface area contributed by atoms with E-state index in [-0.39, 0.29) is 28.7 Å². The van der Waals surface area contributed by atoms with Gasteiger partial charge in [0.1, 0.15) is 10.0 Å². The van der Waals surface area contributed by atoms with E-state index in [0.29, 0.717) is 6.42 Å². The van der Waals surface area contributed by atoms with Crippen LogP contribution in [0.25, 0.3) is 10.9 Å². The number of aromatic nitrogens is 3. The number of H-pyrrole nitrogens is 1. The quantitative estimate of drug-likeness (QED) is 0.659. The summed E-state index contributed by atoms with van der Waals surface area (Å²) in [4.78, 5) is 16.0. The number of carbonyl (C=O) groups excluding carboxylic acids is 1. The van der Waals surface area contributed by atoms with E-state index in [0.717, 1.165) is 26.5 Å². The smallest absolute Gasteiger partial charge is 0.271 e. The van der Waals surface area contributed by atoms with Crippen molar-refractivity contribution in [2.75, 3.05) is 6.54 Å². The molecule has 9 heteroatoms. The molecule has 2 heterocycles. The van der Waals surface area contributed by atoms with E-state index in [1.165, 1.54) is 4.68 Å². The largest absolute Gasteiger partial charge is 0.358 e. The molecule has 7 nitrogen and oxygen atoms in total. The molecule has 3 aromatic rings. The molecule has 1 amide bonds. The molecule has 0 spiro atoms. The first-order valence-corrected chi connectivity index (χ1v) is 10.8. The summed E-state index contributed by atoms with van der Waals surface area (Å²) in [5, 5.41) is 5.09. The van der Waals surface area contributed by atoms with Crippen LogP contribution in [-0.4, -0.2) is 39.9 Å². The maximum atomic E-state index is 13.1. The van der Waals surface area contributed by atoms with E-state index >= 15 is 0 Å². The van der Waals surface area contributed by atoms with Gasteiger partial charge < -0.3 is 4.98 Å². The van der Waals surface area contributed by atoms with Crippen LogP contribution in [0.15, 0.2) is 29.2 Å². The van der Waals surface area contributed by atoms with Crippen molar-refractivity contribution in [3.63, 3.8) is 0 Å². The molecule has 0 saturated heterocycles. The number of benzene rings is 1. The molecule has 0 atom stereocenters. The summed E-state index contributed by atoms with van der Waals surface area (Å²) < 4.78 is 28.3. The van der Waals surface area contributed by atoms with E-state index in [4.69, 9.17) is 11.6 Å². The van der Waals surface area contributed by atoms with Gasteiger partial charge in [-0.05, 0) is 38.8 Å². The molecular weight excluding hydrogens is 400 g/mol. The van der Waals surface area contributed by atoms with Gasteiger partial charge in [-0.3, -0.25) is 9.48 Å². The maximum absolute atomic E-state index is 13.1. The molecule has 1 aromatic carbocycles. The number of carbonyl (C=O) groups is 1. The average molecular weight is 423 g/mol. The average Bonchev–Trinajstić information content (AvgIpc) is 3.08. The standard InChI is InChI=1S/C19H23ClN4O3S/c1-5-24(28(26,27)18-13(3)22-23(4)19(18)20)17(25)11-10-14-12(2)21-16-9-7-6-8-15(14)16/h6-9,21H,5,10-11H2,1-4H3. The van der Waals surface area contributed by atoms with Gasteiger partial charge in [-0.15, -0.1) is 0 Å². The Hall–Kier alpha value is -2.32. The zero-order chi connectivity index (χ0) is 20.6. The molecule has 0 saturated carbocycles. The number of halogens is 1. The highest BCUT2D eigenvalue weighted by Crippen LogP contribution is 2.28. The van der Waals surface area contributed by atoms with E-state index in [1.807, 2.05) is 31.2 Å². The lowest BCUT2D eigenvalue weighted by Gasteiger charge is -2.21. The predicted molar refractivity (Wildman–Crippen MR) is 109 cm³/mol. The first-order chi connectivity index (χ1) is 13.2. The van der Waals surface area contributed by atoms with Gasteiger partial charge in [-0.2, -0.15) is 5.10 Å². The number of para-hydroxylation sites is 1. The number of aromatic amines is 1. The van der Waals surface area contributed by atoms with Gasteiger partial charge in [0.25, 0.3) is 10.0 Å². The number of aryl methyl sites for hydroxylation is 4. The van der Waals surface area contributed by atoms with Crippen molar-refractivity contribution in [2.24, 2.45) is 7.05 Å². The molecule has 3 rings (SSSR count). The second-order valence-electron chi connectivity index (χ2n) is 6.67. The third-order valence-electron chi connectivity index (χ3n) is 4.83. The van der Waals surface area contributed by atoms with Gasteiger partial charge >= 0.3 is 0 Å². The molecule has 150 valence electrons. The van der Waals surface area contributed by atoms with Gasteiger partial charge in [0.15, 0.2) is 0 Å². The maximum Gasteiger partial charge on any atom is 0.271 e. The van der Waals surface area contributed by atoms with E-state index < -0.39 is 15.9 Å². The summed E-state index contributed by atoms with van der Waals surface area (Å²) in [6.45, 7) is 5.17. The first kappa shape index (κ1) is 20.4. The molecule has 28 heavy (non-hydrogen) atoms. The number of nitrogens with one attached hydrogen (secondary N) is 1. The van der Waals surface area contributed by atoms with Gasteiger partial charge in [0.05, 0.1) is 5.69 Å². The highest BCUT2D eigenvalue weighted by molar-refractivity contribution is 7.89. The molecule has 0 aliphatic heterocycles. The Balaban J connectivity index is 1.86. The molecule has 0 radical (unpaired) electrons. The lowest BCUT2D eigenvalue weighted by atomic mass is 10.1. The Bertz CT molecular complexity index is 1150. The Morgan fingerprint density at radius 2 is 1.96 bits per heavy atom. The van der Waals surface area contributed by atoms with Crippen molar-refractivity contribution >= 4 is 38.4 Å². The van der Waals surface area contributed by atoms with Crippen molar-refractivity contribution in [1.82, 2.24) is 19.1 Å². The van der Waals surface area contributed by atoms with Crippen LogP contribution in [0, 0.1) is 13.8 Å². The van der Waals surface area contributed by atoms with Crippen molar-refractivity contribution in [2.45, 2.75) is 38.5 Å². The number of rotatable bonds is 6. The Labute approximate surface area is 169 Å². The summed E-state index contributed by atoms with van der Waals surface area (Å²) in [6.07, 6.45) is 0.521. The molecule has 0 bridgehead atoms. The van der Waals surface area contributed by atoms with Crippen LogP contribution in [0.2, 0.25) is 5.15 Å². The topological polar surface area (TPSA) is 88.1 Å². The van der Waals surface area contributed by atoms with E-state index in [2.05, 4.69) is 10.1 Å². The van der Waals surface area contributed by atoms with Crippen molar-refractivity contribution in [3.8, 4) is 0 Å². The van der Waals surface area contributed by atoms with Crippen LogP contribution >= 0.6 is 11.6 Å². The third kappa shape index (κ3) is 3.42. The fourth-order valence-electron chi connectivity index (χ4n) is 3.51. The lowest BCUT2D eigenvalue weighted by Crippen LogP contribution is -2.37. The van der Waals surface area contributed by atoms with Crippen LogP contribution < -0.4 is 0 Å². The van der Waals surface area contributed by atoms with E-state index in [1.54, 1.807) is 20.9 Å². The summed E-state index contributed by atoms with van der Waals surface area (Å²) in [5.41, 5.74) is 3.27. The first-order valence-electron chi connectivity index (χ1n) is 8.99. The van der Waals surface area contributed by atoms with Gasteiger partial charge in [-0.25, -0.2) is 12.7 Å². The van der Waals surface area contributed by atoms with Crippen LogP contribution in [0.5, 0.6) is 0 Å². The van der Waals surface area contributed by atoms with Crippen molar-refractivity contribution < 1.29 is 13.2 Å². The molecule has 0 fully saturated rings. The minimum absolute atomic E-state index is 0.00350. The second-order valence-corrected chi connectivity index (χ2v) is 8.82. The van der Waals surface area contributed by atoms with Crippen molar-refractivity contribution in [3.05, 3.63) is 46.4 Å². The zero-order valence-electron chi connectivity index (χ0n) is 16.3. The van der Waals surface area contributed by atoms with Crippen molar-refractivity contribution in [1.29, 1.82) is 0 Å². The molecule has 1 N–H and O–H groups in total. The van der Waals surface area contributed by atoms with Crippen LogP contribution in [-0.2, 0) is 28.3 Å². The Morgan fingerprint density at radius 1 is 1.29 bits per heavy atom. The molecule has 0 aliphatic carbocycles. The molecule has 2 aromatic heterocycles. The molecule has 0 unspecified atom stereocenters. The monoisotopic (exact) mass is 422 g/mol. The zero-order valence-corrected chi connectivity index (χ0v) is 17.9. The third-order valence-corrected chi connectivity index (χ3v) is 7.42. The summed E-state index contributed by atoms with van der Waals surface area (Å²) in [5.74, 6) is -0.466. The highest BCUT2D eigenvalue weighted by Gasteiger charge is 2.33. The highest BCUT2D eigenvalue weighted by atomic mass is 35.5. The van der Waals surface area contributed by atoms with Crippen LogP contribution in [0.4, 0.5) is 0 Å². The fraction of sp³-hybridized carbons (Fsp3) is 0.368. The summed E-state index contributed by atoms with van der Waals surface area (Å²) in [6, 6.07) is 7.85. The predicted octanol–water partition coefficient (Wildman–Crippen LogP) is 3.34. The summed E-state index contributed by atoms with van der Waals surface area (Å²) >= 11 is 6.13. The minimum atomic E-state index is -4.07. The number of hydrogen-bond donors (Lipinski definition) is 1. The number of amides is 1. The number of fused-ring (bicyclic) bond motifs is 1. The van der Waals surface area contributed by atoms with Gasteiger partial charge in [0.2, 0.25) is 5.91 Å². The van der Waals surface area contributed by atoms with Gasteiger partial charge in [0, 0.05) is 36.6 Å². The summed E-state index contributed by atoms with van der Waals surface area (Å²) in [7, 11) is -2.51. The Morgan fingerprint density at radius 3 is 2.57 bits per heavy atom. The molecule has 0 aliphatic rings. The number of hydrogen-bond acceptors (Lipinski definition) is 4. The van der Waals surface area contributed by atoms with Crippen LogP contribution in [0.1, 0.15) is 30.3 Å². The Kier molecular flexibility index (Phi) is 5.54. The van der Waals surface area contributed by atoms with E-state index in [9.17, 15) is 13.2 Å². The SMILES string of the molecule is CCN(C(=O)CCc1c(C)[nH]c2ccccc12)S(=O)(=O)c1c(C)nn(C)c1Cl. The van der Waals surface area contributed by atoms with Gasteiger partial charge in [-0.1, -0.05) is 29.8 Å². The normalized spacial score (nSPS) is 11.9. The minimum Gasteiger partial charge on any atom is -0.358 e. The lowest BCUT2D eigenvalue weighted by molar-refractivity contribution is -0.126. The number of nitrogens with zero attached hydrogens (tertiary/aromatic N) is 3. The fourth-order valence-corrected chi connectivity index (χ4v) is 5.65. The second kappa shape index (κ2) is 7.60. The van der Waals surface area contributed by atoms with Crippen LogP contribution in [0.3, 0.4) is 0 Å². The molecular formula is C19H23ClN4O3S. The number of sulfonamides is 1.